The third-order valence-electron chi connectivity index (χ3n) is 11.1. The average molecular weight is 779 g/mol. The van der Waals surface area contributed by atoms with Crippen molar-refractivity contribution >= 4 is 45.1 Å². The molecule has 2 bridgehead atoms. The van der Waals surface area contributed by atoms with E-state index in [1.54, 1.807) is 45.4 Å². The summed E-state index contributed by atoms with van der Waals surface area (Å²) in [6, 6.07) is 11.1. The fourth-order valence-electron chi connectivity index (χ4n) is 7.89. The van der Waals surface area contributed by atoms with Gasteiger partial charge in [0, 0.05) is 56.8 Å². The highest BCUT2D eigenvalue weighted by atomic mass is 35.5. The lowest BCUT2D eigenvalue weighted by Crippen LogP contribution is -2.50. The van der Waals surface area contributed by atoms with E-state index in [1.807, 2.05) is 18.2 Å². The van der Waals surface area contributed by atoms with Gasteiger partial charge in [-0.2, -0.15) is 5.10 Å². The molecule has 1 aromatic heterocycles. The van der Waals surface area contributed by atoms with E-state index >= 15 is 4.21 Å². The maximum atomic E-state index is 15.1. The second-order valence-corrected chi connectivity index (χ2v) is 17.8. The number of carbonyl (C=O) groups excluding carboxylic acids is 3. The van der Waals surface area contributed by atoms with Crippen molar-refractivity contribution in [2.45, 2.75) is 68.0 Å². The number of hydrogen-bond acceptors (Lipinski definition) is 9. The largest absolute Gasteiger partial charge is 0.490 e. The number of halogens is 1. The fourth-order valence-corrected chi connectivity index (χ4v) is 9.70. The molecule has 2 aromatic carbocycles. The summed E-state index contributed by atoms with van der Waals surface area (Å²) in [6.45, 7) is 4.64. The second-order valence-electron chi connectivity index (χ2n) is 15.5. The zero-order chi connectivity index (χ0) is 38.4. The highest BCUT2D eigenvalue weighted by molar-refractivity contribution is 7.92. The molecule has 1 unspecified atom stereocenters. The van der Waals surface area contributed by atoms with Crippen molar-refractivity contribution in [2.24, 2.45) is 23.2 Å². The number of anilines is 1. The average Bonchev–Trinajstić information content (AvgIpc) is 3.49. The fraction of sp³-hybridized carbons (Fsp3) is 0.487. The van der Waals surface area contributed by atoms with Crippen LogP contribution in [0.2, 0.25) is 5.02 Å². The molecule has 5 atom stereocenters. The maximum Gasteiger partial charge on any atom is 0.409 e. The number of nitrogens with one attached hydrogen (secondary N) is 1. The van der Waals surface area contributed by atoms with Crippen LogP contribution in [0.1, 0.15) is 61.0 Å². The quantitative estimate of drug-likeness (QED) is 0.331. The lowest BCUT2D eigenvalue weighted by atomic mass is 9.68. The van der Waals surface area contributed by atoms with Crippen LogP contribution < -0.4 is 14.4 Å². The first-order valence-electron chi connectivity index (χ1n) is 18.3. The minimum atomic E-state index is -3.93. The molecule has 2 aliphatic heterocycles. The van der Waals surface area contributed by atoms with Crippen LogP contribution in [0.15, 0.2) is 70.2 Å². The summed E-state index contributed by atoms with van der Waals surface area (Å²) in [5.41, 5.74) is 1.31. The third kappa shape index (κ3) is 7.47. The van der Waals surface area contributed by atoms with Crippen molar-refractivity contribution < 1.29 is 32.8 Å². The number of benzene rings is 2. The molecular formula is C39H47ClN6O7S. The van der Waals surface area contributed by atoms with Crippen molar-refractivity contribution in [3.05, 3.63) is 82.7 Å². The summed E-state index contributed by atoms with van der Waals surface area (Å²) in [5, 5.41) is 4.77. The Kier molecular flexibility index (Phi) is 10.3. The summed E-state index contributed by atoms with van der Waals surface area (Å²) in [5.74, 6) is -0.806. The van der Waals surface area contributed by atoms with Gasteiger partial charge < -0.3 is 24.0 Å². The Labute approximate surface area is 321 Å². The standard InChI is InChI=1S/C39H47ClN6O7S/c1-38(2)36(48)43-54(50,42-35(47)27-20-41-45(5)21-27)29-12-15-34-32(19-29)46(23-39(24-51-34)16-6-8-25-18-28(40)11-14-31(25)39)22-26-10-13-30(26)33(9-7-17-52-38)53-37(49)44(3)4/h7,9,11-12,14-15,18-21,26,30,33H,6,8,10,13,16-17,22-24H2,1-5H3,(H,42,43,47,48,50)/t26-,30+,33-,39-,54?/m0/s1. The van der Waals surface area contributed by atoms with Crippen LogP contribution in [0.3, 0.4) is 0 Å². The molecule has 15 heteroatoms. The van der Waals surface area contributed by atoms with Crippen molar-refractivity contribution in [2.75, 3.05) is 45.3 Å². The molecule has 4 aliphatic rings. The van der Waals surface area contributed by atoms with Gasteiger partial charge in [-0.1, -0.05) is 23.7 Å². The minimum Gasteiger partial charge on any atom is -0.490 e. The number of ether oxygens (including phenoxy) is 3. The summed E-state index contributed by atoms with van der Waals surface area (Å²) < 4.78 is 42.0. The van der Waals surface area contributed by atoms with Gasteiger partial charge in [0.15, 0.2) is 9.92 Å². The van der Waals surface area contributed by atoms with Gasteiger partial charge in [0.2, 0.25) is 0 Å². The lowest BCUT2D eigenvalue weighted by Gasteiger charge is -2.46. The van der Waals surface area contributed by atoms with Gasteiger partial charge in [0.05, 0.1) is 35.6 Å². The minimum absolute atomic E-state index is 0.000843. The normalized spacial score (nSPS) is 27.6. The molecule has 54 heavy (non-hydrogen) atoms. The molecular weight excluding hydrogens is 732 g/mol. The molecule has 288 valence electrons. The Hall–Kier alpha value is -4.40. The van der Waals surface area contributed by atoms with E-state index in [1.165, 1.54) is 46.9 Å². The molecule has 0 radical (unpaired) electrons. The summed E-state index contributed by atoms with van der Waals surface area (Å²) >= 11 is 6.48. The number of nitrogens with zero attached hydrogens (tertiary/aromatic N) is 5. The highest BCUT2D eigenvalue weighted by Gasteiger charge is 2.45. The lowest BCUT2D eigenvalue weighted by molar-refractivity contribution is -0.137. The first-order chi connectivity index (χ1) is 25.7. The van der Waals surface area contributed by atoms with Gasteiger partial charge in [0.25, 0.3) is 11.8 Å². The number of rotatable bonds is 3. The Balaban J connectivity index is 1.37. The van der Waals surface area contributed by atoms with Gasteiger partial charge in [-0.05, 0) is 99.4 Å². The Bertz CT molecular complexity index is 2120. The molecule has 0 saturated heterocycles. The molecule has 1 spiro atoms. The molecule has 2 aliphatic carbocycles. The molecule has 7 rings (SSSR count). The van der Waals surface area contributed by atoms with E-state index in [4.69, 9.17) is 25.8 Å². The van der Waals surface area contributed by atoms with Crippen molar-refractivity contribution in [1.82, 2.24) is 19.4 Å². The van der Waals surface area contributed by atoms with Crippen LogP contribution in [-0.4, -0.2) is 88.9 Å². The number of aromatic nitrogens is 2. The van der Waals surface area contributed by atoms with E-state index in [9.17, 15) is 14.4 Å². The molecule has 3 amide bonds. The van der Waals surface area contributed by atoms with Crippen molar-refractivity contribution in [3.8, 4) is 5.75 Å². The second kappa shape index (κ2) is 14.7. The van der Waals surface area contributed by atoms with Gasteiger partial charge in [-0.3, -0.25) is 19.0 Å². The van der Waals surface area contributed by atoms with Gasteiger partial charge in [0.1, 0.15) is 17.5 Å². The zero-order valence-electron chi connectivity index (χ0n) is 31.2. The Morgan fingerprint density at radius 2 is 1.96 bits per heavy atom. The molecule has 3 aromatic rings. The van der Waals surface area contributed by atoms with Gasteiger partial charge in [-0.15, -0.1) is 4.36 Å². The molecule has 3 heterocycles. The van der Waals surface area contributed by atoms with E-state index in [2.05, 4.69) is 25.1 Å². The van der Waals surface area contributed by atoms with E-state index in [0.29, 0.717) is 36.2 Å². The van der Waals surface area contributed by atoms with Crippen LogP contribution in [0.5, 0.6) is 5.75 Å². The Morgan fingerprint density at radius 3 is 2.69 bits per heavy atom. The van der Waals surface area contributed by atoms with E-state index in [0.717, 1.165) is 32.1 Å². The van der Waals surface area contributed by atoms with Crippen LogP contribution in [0.4, 0.5) is 10.5 Å². The number of amides is 3. The maximum absolute atomic E-state index is 15.1. The number of fused-ring (bicyclic) bond motifs is 4. The number of aryl methyl sites for hydroxylation is 2. The molecule has 13 nitrogen and oxygen atoms in total. The molecule has 1 N–H and O–H groups in total. The number of hydrogen-bond donors (Lipinski definition) is 1. The first kappa shape index (κ1) is 37.9. The molecule has 1 fully saturated rings. The van der Waals surface area contributed by atoms with Gasteiger partial charge >= 0.3 is 6.09 Å². The predicted octanol–water partition coefficient (Wildman–Crippen LogP) is 5.70. The topological polar surface area (TPSA) is 145 Å². The Morgan fingerprint density at radius 1 is 1.15 bits per heavy atom. The third-order valence-corrected chi connectivity index (χ3v) is 13.1. The van der Waals surface area contributed by atoms with E-state index < -0.39 is 39.5 Å². The van der Waals surface area contributed by atoms with Crippen LogP contribution >= 0.6 is 11.6 Å². The number of carbonyl (C=O) groups is 3. The van der Waals surface area contributed by atoms with Crippen molar-refractivity contribution in [1.29, 1.82) is 0 Å². The summed E-state index contributed by atoms with van der Waals surface area (Å²) in [4.78, 5) is 44.1. The molecule has 1 saturated carbocycles. The smallest absolute Gasteiger partial charge is 0.409 e. The van der Waals surface area contributed by atoms with Crippen LogP contribution in [0, 0.1) is 11.8 Å². The predicted molar refractivity (Wildman–Crippen MR) is 204 cm³/mol. The van der Waals surface area contributed by atoms with Crippen LogP contribution in [-0.2, 0) is 43.1 Å². The van der Waals surface area contributed by atoms with E-state index in [-0.39, 0.29) is 34.3 Å². The summed E-state index contributed by atoms with van der Waals surface area (Å²) in [6.07, 6.45) is 9.96. The SMILES string of the molecule is CN(C)C(=O)O[C@H]1C=CCOC(C)(C)C(=O)N=S(=O)(NC(=O)c2cnn(C)c2)c2ccc3c(c2)N(C[C@@H]2CC[C@H]21)C[C@@]1(CCCc2cc(Cl)ccc21)CO3. The monoisotopic (exact) mass is 778 g/mol. The van der Waals surface area contributed by atoms with Crippen molar-refractivity contribution in [3.63, 3.8) is 0 Å². The highest BCUT2D eigenvalue weighted by Crippen LogP contribution is 2.47. The van der Waals surface area contributed by atoms with Gasteiger partial charge in [-0.25, -0.2) is 9.00 Å². The zero-order valence-corrected chi connectivity index (χ0v) is 32.8. The first-order valence-corrected chi connectivity index (χ1v) is 20.2. The summed E-state index contributed by atoms with van der Waals surface area (Å²) in [7, 11) is 1.03. The van der Waals surface area contributed by atoms with Crippen LogP contribution in [0.25, 0.3) is 0 Å².